The summed E-state index contributed by atoms with van der Waals surface area (Å²) in [4.78, 5) is 11.2. The summed E-state index contributed by atoms with van der Waals surface area (Å²) in [5.74, 6) is -0.433. The zero-order chi connectivity index (χ0) is 12.3. The summed E-state index contributed by atoms with van der Waals surface area (Å²) < 4.78 is 28.2. The van der Waals surface area contributed by atoms with Crippen LogP contribution < -0.4 is 4.74 Å². The Morgan fingerprint density at radius 2 is 2.12 bits per heavy atom. The smallest absolute Gasteiger partial charge is 0.387 e. The van der Waals surface area contributed by atoms with Crippen molar-refractivity contribution >= 4 is 5.78 Å². The number of carbonyl (C=O) groups excluding carboxylic acids is 1. The molecule has 0 atom stereocenters. The Labute approximate surface area is 91.3 Å². The lowest BCUT2D eigenvalue weighted by molar-refractivity contribution is -0.0500. The van der Waals surface area contributed by atoms with Crippen molar-refractivity contribution in [3.8, 4) is 11.8 Å². The van der Waals surface area contributed by atoms with E-state index < -0.39 is 6.61 Å². The molecule has 0 saturated heterocycles. The van der Waals surface area contributed by atoms with E-state index in [9.17, 15) is 13.6 Å². The number of ketones is 1. The molecule has 0 heterocycles. The van der Waals surface area contributed by atoms with Gasteiger partial charge in [-0.25, -0.2) is 0 Å². The van der Waals surface area contributed by atoms with Gasteiger partial charge in [0.1, 0.15) is 11.8 Å². The summed E-state index contributed by atoms with van der Waals surface area (Å²) in [6.45, 7) is -0.125. The number of nitrogens with zero attached hydrogens (tertiary/aromatic N) is 1. The van der Waals surface area contributed by atoms with Crippen molar-refractivity contribution in [2.75, 3.05) is 0 Å². The van der Waals surface area contributed by atoms with Crippen LogP contribution in [-0.4, -0.2) is 12.4 Å². The number of Topliss-reactive ketones (excluding diaryl/α,β-unsaturated/α-hetero) is 1. The Bertz CT molecular complexity index is 464. The number of halogens is 2. The average Bonchev–Trinajstić information content (AvgIpc) is 2.16. The van der Waals surface area contributed by atoms with Crippen LogP contribution in [0, 0.1) is 18.3 Å². The van der Waals surface area contributed by atoms with Crippen LogP contribution in [-0.2, 0) is 0 Å². The fourth-order valence-electron chi connectivity index (χ4n) is 1.40. The van der Waals surface area contributed by atoms with Gasteiger partial charge in [0.15, 0.2) is 5.78 Å². The molecule has 84 valence electrons. The SMILES string of the molecule is CC(=O)c1ccc(OC(F)F)c(C#N)c1C. The van der Waals surface area contributed by atoms with Crippen molar-refractivity contribution in [3.05, 3.63) is 28.8 Å². The van der Waals surface area contributed by atoms with Gasteiger partial charge in [0.25, 0.3) is 0 Å². The van der Waals surface area contributed by atoms with Gasteiger partial charge in [0.05, 0.1) is 5.56 Å². The van der Waals surface area contributed by atoms with E-state index in [0.717, 1.165) is 0 Å². The molecular weight excluding hydrogens is 216 g/mol. The summed E-state index contributed by atoms with van der Waals surface area (Å²) in [6.07, 6.45) is 0. The topological polar surface area (TPSA) is 50.1 Å². The molecule has 0 aliphatic heterocycles. The van der Waals surface area contributed by atoms with Crippen LogP contribution in [0.25, 0.3) is 0 Å². The van der Waals surface area contributed by atoms with Crippen LogP contribution in [0.4, 0.5) is 8.78 Å². The number of hydrogen-bond acceptors (Lipinski definition) is 3. The van der Waals surface area contributed by atoms with Gasteiger partial charge in [-0.2, -0.15) is 14.0 Å². The molecule has 0 amide bonds. The second kappa shape index (κ2) is 4.71. The molecule has 0 aromatic heterocycles. The predicted octanol–water partition coefficient (Wildman–Crippen LogP) is 2.67. The van der Waals surface area contributed by atoms with Crippen molar-refractivity contribution < 1.29 is 18.3 Å². The zero-order valence-corrected chi connectivity index (χ0v) is 8.75. The van der Waals surface area contributed by atoms with E-state index in [1.54, 1.807) is 6.07 Å². The van der Waals surface area contributed by atoms with Gasteiger partial charge in [0, 0.05) is 5.56 Å². The third kappa shape index (κ3) is 2.34. The number of rotatable bonds is 3. The number of nitriles is 1. The number of alkyl halides is 2. The van der Waals surface area contributed by atoms with Crippen LogP contribution in [0.5, 0.6) is 5.75 Å². The summed E-state index contributed by atoms with van der Waals surface area (Å²) in [7, 11) is 0. The minimum atomic E-state index is -2.99. The van der Waals surface area contributed by atoms with E-state index in [4.69, 9.17) is 5.26 Å². The van der Waals surface area contributed by atoms with Crippen molar-refractivity contribution in [1.29, 1.82) is 5.26 Å². The normalized spacial score (nSPS) is 10.0. The number of carbonyl (C=O) groups is 1. The largest absolute Gasteiger partial charge is 0.433 e. The molecule has 1 aromatic carbocycles. The van der Waals surface area contributed by atoms with Gasteiger partial charge >= 0.3 is 6.61 Å². The summed E-state index contributed by atoms with van der Waals surface area (Å²) in [5, 5.41) is 8.83. The minimum Gasteiger partial charge on any atom is -0.433 e. The Morgan fingerprint density at radius 1 is 1.50 bits per heavy atom. The van der Waals surface area contributed by atoms with Crippen LogP contribution in [0.3, 0.4) is 0 Å². The molecule has 0 unspecified atom stereocenters. The standard InChI is InChI=1S/C11H9F2NO2/c1-6-8(7(2)15)3-4-10(9(6)5-14)16-11(12)13/h3-4,11H,1-2H3. The van der Waals surface area contributed by atoms with E-state index in [1.807, 2.05) is 0 Å². The molecule has 5 heteroatoms. The Morgan fingerprint density at radius 3 is 2.56 bits per heavy atom. The van der Waals surface area contributed by atoms with E-state index in [2.05, 4.69) is 4.74 Å². The molecule has 0 fully saturated rings. The predicted molar refractivity (Wildman–Crippen MR) is 52.5 cm³/mol. The Balaban J connectivity index is 3.31. The lowest BCUT2D eigenvalue weighted by Gasteiger charge is -2.10. The van der Waals surface area contributed by atoms with Gasteiger partial charge in [-0.3, -0.25) is 4.79 Å². The van der Waals surface area contributed by atoms with E-state index in [0.29, 0.717) is 11.1 Å². The molecule has 0 saturated carbocycles. The molecule has 0 N–H and O–H groups in total. The molecule has 0 bridgehead atoms. The van der Waals surface area contributed by atoms with Crippen LogP contribution in [0.15, 0.2) is 12.1 Å². The molecule has 16 heavy (non-hydrogen) atoms. The first-order valence-electron chi connectivity index (χ1n) is 4.46. The first-order valence-corrected chi connectivity index (χ1v) is 4.46. The van der Waals surface area contributed by atoms with Crippen molar-refractivity contribution in [1.82, 2.24) is 0 Å². The Kier molecular flexibility index (Phi) is 3.56. The first-order chi connectivity index (χ1) is 7.47. The summed E-state index contributed by atoms with van der Waals surface area (Å²) in [6, 6.07) is 4.33. The summed E-state index contributed by atoms with van der Waals surface area (Å²) >= 11 is 0. The number of hydrogen-bond donors (Lipinski definition) is 0. The van der Waals surface area contributed by atoms with Gasteiger partial charge in [-0.15, -0.1) is 0 Å². The highest BCUT2D eigenvalue weighted by atomic mass is 19.3. The second-order valence-electron chi connectivity index (χ2n) is 3.16. The van der Waals surface area contributed by atoms with E-state index in [1.165, 1.54) is 26.0 Å². The lowest BCUT2D eigenvalue weighted by atomic mass is 10.00. The van der Waals surface area contributed by atoms with Crippen LogP contribution in [0.1, 0.15) is 28.4 Å². The number of ether oxygens (including phenoxy) is 1. The highest BCUT2D eigenvalue weighted by molar-refractivity contribution is 5.96. The van der Waals surface area contributed by atoms with Crippen molar-refractivity contribution in [3.63, 3.8) is 0 Å². The summed E-state index contributed by atoms with van der Waals surface area (Å²) in [5.41, 5.74) is 0.652. The minimum absolute atomic E-state index is 0.0343. The molecule has 0 aliphatic carbocycles. The van der Waals surface area contributed by atoms with Crippen LogP contribution in [0.2, 0.25) is 0 Å². The third-order valence-electron chi connectivity index (χ3n) is 2.13. The van der Waals surface area contributed by atoms with Gasteiger partial charge in [-0.1, -0.05) is 0 Å². The third-order valence-corrected chi connectivity index (χ3v) is 2.13. The second-order valence-corrected chi connectivity index (χ2v) is 3.16. The quantitative estimate of drug-likeness (QED) is 0.743. The molecule has 1 rings (SSSR count). The average molecular weight is 225 g/mol. The molecule has 3 nitrogen and oxygen atoms in total. The first kappa shape index (κ1) is 12.1. The van der Waals surface area contributed by atoms with Gasteiger partial charge < -0.3 is 4.74 Å². The molecule has 0 spiro atoms. The maximum absolute atomic E-state index is 12.0. The highest BCUT2D eigenvalue weighted by Gasteiger charge is 2.15. The van der Waals surface area contributed by atoms with E-state index >= 15 is 0 Å². The lowest BCUT2D eigenvalue weighted by Crippen LogP contribution is -2.06. The van der Waals surface area contributed by atoms with Crippen molar-refractivity contribution in [2.24, 2.45) is 0 Å². The molecule has 0 radical (unpaired) electrons. The Hall–Kier alpha value is -1.96. The molecular formula is C11H9F2NO2. The molecule has 0 aliphatic rings. The van der Waals surface area contributed by atoms with Crippen molar-refractivity contribution in [2.45, 2.75) is 20.5 Å². The zero-order valence-electron chi connectivity index (χ0n) is 8.75. The van der Waals surface area contributed by atoms with Gasteiger partial charge in [-0.05, 0) is 31.5 Å². The maximum atomic E-state index is 12.0. The fraction of sp³-hybridized carbons (Fsp3) is 0.273. The molecule has 1 aromatic rings. The van der Waals surface area contributed by atoms with Gasteiger partial charge in [0.2, 0.25) is 0 Å². The van der Waals surface area contributed by atoms with Crippen LogP contribution >= 0.6 is 0 Å². The highest BCUT2D eigenvalue weighted by Crippen LogP contribution is 2.26. The number of benzene rings is 1. The van der Waals surface area contributed by atoms with E-state index in [-0.39, 0.29) is 17.1 Å². The maximum Gasteiger partial charge on any atom is 0.387 e. The fourth-order valence-corrected chi connectivity index (χ4v) is 1.40. The monoisotopic (exact) mass is 225 g/mol.